The Morgan fingerprint density at radius 3 is 2.80 bits per heavy atom. The van der Waals surface area contributed by atoms with Crippen molar-refractivity contribution in [3.8, 4) is 5.69 Å². The lowest BCUT2D eigenvalue weighted by atomic mass is 10.0. The molecular formula is C14H14F3N3. The van der Waals surface area contributed by atoms with E-state index in [1.165, 1.54) is 10.9 Å². The van der Waals surface area contributed by atoms with E-state index < -0.39 is 17.5 Å². The summed E-state index contributed by atoms with van der Waals surface area (Å²) in [5.41, 5.74) is 0.566. The maximum atomic E-state index is 13.9. The minimum absolute atomic E-state index is 0.0250. The Morgan fingerprint density at radius 2 is 2.05 bits per heavy atom. The van der Waals surface area contributed by atoms with Crippen LogP contribution in [0.15, 0.2) is 24.7 Å². The Bertz CT molecular complexity index is 618. The molecule has 2 heterocycles. The van der Waals surface area contributed by atoms with Crippen molar-refractivity contribution in [2.24, 2.45) is 0 Å². The monoisotopic (exact) mass is 281 g/mol. The van der Waals surface area contributed by atoms with Crippen molar-refractivity contribution in [1.82, 2.24) is 14.9 Å². The Labute approximate surface area is 114 Å². The highest BCUT2D eigenvalue weighted by Crippen LogP contribution is 2.27. The molecule has 0 radical (unpaired) electrons. The van der Waals surface area contributed by atoms with Crippen LogP contribution in [0.5, 0.6) is 0 Å². The van der Waals surface area contributed by atoms with Gasteiger partial charge in [0.2, 0.25) is 0 Å². The fourth-order valence-corrected chi connectivity index (χ4v) is 2.59. The number of halogens is 3. The predicted molar refractivity (Wildman–Crippen MR) is 68.0 cm³/mol. The summed E-state index contributed by atoms with van der Waals surface area (Å²) in [6.45, 7) is 0.871. The summed E-state index contributed by atoms with van der Waals surface area (Å²) in [6.07, 6.45) is 6.02. The number of rotatable bonds is 2. The molecule has 0 bridgehead atoms. The van der Waals surface area contributed by atoms with Gasteiger partial charge in [0.05, 0.1) is 23.9 Å². The molecule has 2 aromatic rings. The number of nitrogens with one attached hydrogen (secondary N) is 1. The highest BCUT2D eigenvalue weighted by atomic mass is 19.2. The van der Waals surface area contributed by atoms with Crippen molar-refractivity contribution in [3.63, 3.8) is 0 Å². The fourth-order valence-electron chi connectivity index (χ4n) is 2.59. The van der Waals surface area contributed by atoms with E-state index in [0.717, 1.165) is 31.9 Å². The maximum absolute atomic E-state index is 13.9. The number of benzene rings is 1. The van der Waals surface area contributed by atoms with Gasteiger partial charge in [-0.05, 0) is 19.4 Å². The first-order valence-corrected chi connectivity index (χ1v) is 6.57. The van der Waals surface area contributed by atoms with Gasteiger partial charge in [-0.2, -0.15) is 0 Å². The van der Waals surface area contributed by atoms with Gasteiger partial charge in [0, 0.05) is 18.2 Å². The first-order chi connectivity index (χ1) is 9.66. The number of imidazole rings is 1. The molecule has 1 unspecified atom stereocenters. The number of aromatic nitrogens is 2. The standard InChI is InChI=1S/C14H14F3N3/c15-9-5-10(16)14(17)12(6-9)20-8-18-7-13(20)11-3-1-2-4-19-11/h5-8,11,19H,1-4H2. The van der Waals surface area contributed by atoms with E-state index in [0.29, 0.717) is 11.8 Å². The molecule has 1 aromatic carbocycles. The summed E-state index contributed by atoms with van der Waals surface area (Å²) in [5, 5.41) is 3.31. The largest absolute Gasteiger partial charge is 0.309 e. The van der Waals surface area contributed by atoms with Gasteiger partial charge in [-0.25, -0.2) is 18.2 Å². The third kappa shape index (κ3) is 2.31. The van der Waals surface area contributed by atoms with Crippen LogP contribution in [0.25, 0.3) is 5.69 Å². The Morgan fingerprint density at radius 1 is 1.20 bits per heavy atom. The number of hydrogen-bond donors (Lipinski definition) is 1. The van der Waals surface area contributed by atoms with Gasteiger partial charge in [0.15, 0.2) is 11.6 Å². The zero-order valence-corrected chi connectivity index (χ0v) is 10.7. The Balaban J connectivity index is 2.05. The molecule has 3 nitrogen and oxygen atoms in total. The molecule has 0 saturated carbocycles. The molecule has 1 saturated heterocycles. The Hall–Kier alpha value is -1.82. The van der Waals surface area contributed by atoms with Crippen molar-refractivity contribution < 1.29 is 13.2 Å². The number of piperidine rings is 1. The van der Waals surface area contributed by atoms with Crippen molar-refractivity contribution in [2.75, 3.05) is 6.54 Å². The van der Waals surface area contributed by atoms with Gasteiger partial charge in [-0.1, -0.05) is 6.42 Å². The summed E-state index contributed by atoms with van der Waals surface area (Å²) < 4.78 is 41.9. The first-order valence-electron chi connectivity index (χ1n) is 6.57. The average Bonchev–Trinajstić information content (AvgIpc) is 2.93. The molecule has 6 heteroatoms. The van der Waals surface area contributed by atoms with Crippen LogP contribution in [-0.2, 0) is 0 Å². The molecule has 0 spiro atoms. The molecular weight excluding hydrogens is 267 g/mol. The van der Waals surface area contributed by atoms with E-state index in [2.05, 4.69) is 10.3 Å². The van der Waals surface area contributed by atoms with E-state index in [4.69, 9.17) is 0 Å². The topological polar surface area (TPSA) is 29.9 Å². The fraction of sp³-hybridized carbons (Fsp3) is 0.357. The average molecular weight is 281 g/mol. The minimum Gasteiger partial charge on any atom is -0.309 e. The summed E-state index contributed by atoms with van der Waals surface area (Å²) >= 11 is 0. The maximum Gasteiger partial charge on any atom is 0.183 e. The van der Waals surface area contributed by atoms with Gasteiger partial charge < -0.3 is 5.32 Å². The summed E-state index contributed by atoms with van der Waals surface area (Å²) in [4.78, 5) is 3.99. The highest BCUT2D eigenvalue weighted by Gasteiger charge is 2.21. The van der Waals surface area contributed by atoms with Crippen LogP contribution in [0.2, 0.25) is 0 Å². The van der Waals surface area contributed by atoms with Crippen molar-refractivity contribution in [3.05, 3.63) is 47.8 Å². The molecule has 1 N–H and O–H groups in total. The molecule has 1 atom stereocenters. The summed E-state index contributed by atoms with van der Waals surface area (Å²) in [7, 11) is 0. The summed E-state index contributed by atoms with van der Waals surface area (Å²) in [6, 6.07) is 1.54. The molecule has 0 aliphatic carbocycles. The normalized spacial score (nSPS) is 19.2. The third-order valence-electron chi connectivity index (χ3n) is 3.57. The van der Waals surface area contributed by atoms with Crippen LogP contribution < -0.4 is 5.32 Å². The van der Waals surface area contributed by atoms with E-state index >= 15 is 0 Å². The molecule has 1 aromatic heterocycles. The lowest BCUT2D eigenvalue weighted by Crippen LogP contribution is -2.28. The van der Waals surface area contributed by atoms with Crippen LogP contribution in [0, 0.1) is 17.5 Å². The van der Waals surface area contributed by atoms with Crippen LogP contribution >= 0.6 is 0 Å². The first kappa shape index (κ1) is 13.2. The van der Waals surface area contributed by atoms with E-state index in [1.54, 1.807) is 6.20 Å². The van der Waals surface area contributed by atoms with Gasteiger partial charge in [-0.15, -0.1) is 0 Å². The van der Waals surface area contributed by atoms with Gasteiger partial charge in [-0.3, -0.25) is 4.57 Å². The number of hydrogen-bond acceptors (Lipinski definition) is 2. The molecule has 0 amide bonds. The smallest absolute Gasteiger partial charge is 0.183 e. The predicted octanol–water partition coefficient (Wildman–Crippen LogP) is 3.10. The second kappa shape index (κ2) is 5.28. The molecule has 20 heavy (non-hydrogen) atoms. The highest BCUT2D eigenvalue weighted by molar-refractivity contribution is 5.37. The lowest BCUT2D eigenvalue weighted by molar-refractivity contribution is 0.400. The number of nitrogens with zero attached hydrogens (tertiary/aromatic N) is 2. The zero-order valence-electron chi connectivity index (χ0n) is 10.7. The van der Waals surface area contributed by atoms with Crippen molar-refractivity contribution in [1.29, 1.82) is 0 Å². The van der Waals surface area contributed by atoms with Crippen molar-refractivity contribution >= 4 is 0 Å². The van der Waals surface area contributed by atoms with Crippen LogP contribution in [0.1, 0.15) is 31.0 Å². The van der Waals surface area contributed by atoms with Gasteiger partial charge in [0.1, 0.15) is 5.82 Å². The molecule has 3 rings (SSSR count). The lowest BCUT2D eigenvalue weighted by Gasteiger charge is -2.24. The Kier molecular flexibility index (Phi) is 3.48. The van der Waals surface area contributed by atoms with E-state index in [-0.39, 0.29) is 11.7 Å². The molecule has 106 valence electrons. The SMILES string of the molecule is Fc1cc(F)c(F)c(-n2cncc2C2CCCCN2)c1. The second-order valence-electron chi connectivity index (χ2n) is 4.91. The summed E-state index contributed by atoms with van der Waals surface area (Å²) in [5.74, 6) is -3.08. The van der Waals surface area contributed by atoms with Gasteiger partial charge in [0.25, 0.3) is 0 Å². The zero-order chi connectivity index (χ0) is 14.1. The second-order valence-corrected chi connectivity index (χ2v) is 4.91. The van der Waals surface area contributed by atoms with Crippen LogP contribution in [0.3, 0.4) is 0 Å². The third-order valence-corrected chi connectivity index (χ3v) is 3.57. The van der Waals surface area contributed by atoms with Crippen molar-refractivity contribution in [2.45, 2.75) is 25.3 Å². The molecule has 1 aliphatic rings. The molecule has 1 fully saturated rings. The van der Waals surface area contributed by atoms with Crippen LogP contribution in [-0.4, -0.2) is 16.1 Å². The van der Waals surface area contributed by atoms with Gasteiger partial charge >= 0.3 is 0 Å². The molecule has 1 aliphatic heterocycles. The van der Waals surface area contributed by atoms with E-state index in [1.807, 2.05) is 0 Å². The minimum atomic E-state index is -1.20. The van der Waals surface area contributed by atoms with E-state index in [9.17, 15) is 13.2 Å². The van der Waals surface area contributed by atoms with Crippen LogP contribution in [0.4, 0.5) is 13.2 Å². The quantitative estimate of drug-likeness (QED) is 0.857.